The van der Waals surface area contributed by atoms with Crippen molar-refractivity contribution in [2.75, 3.05) is 0 Å². The van der Waals surface area contributed by atoms with Crippen molar-refractivity contribution < 1.29 is 19.3 Å². The van der Waals surface area contributed by atoms with Crippen molar-refractivity contribution in [2.24, 2.45) is 0 Å². The Labute approximate surface area is 77.1 Å². The van der Waals surface area contributed by atoms with Crippen LogP contribution in [-0.4, -0.2) is 35.5 Å². The van der Waals surface area contributed by atoms with E-state index in [1.165, 1.54) is 0 Å². The van der Waals surface area contributed by atoms with Crippen LogP contribution in [0.15, 0.2) is 12.7 Å². The Hall–Kier alpha value is -0.420. The zero-order chi connectivity index (χ0) is 9.64. The third-order valence-corrected chi connectivity index (χ3v) is 2.30. The molecule has 1 N–H and O–H groups in total. The van der Waals surface area contributed by atoms with Gasteiger partial charge in [-0.2, -0.15) is 0 Å². The standard InChI is InChI=1S/C9H14O4/c1-4-5-6-7(8(10)11-5)13-9(2,3)12-6/h4-8,10H,1H2,2-3H3/t5-,6?,7?,8-/m0/s1. The van der Waals surface area contributed by atoms with Gasteiger partial charge in [-0.15, -0.1) is 6.58 Å². The Balaban J connectivity index is 2.17. The van der Waals surface area contributed by atoms with Gasteiger partial charge in [-0.3, -0.25) is 0 Å². The summed E-state index contributed by atoms with van der Waals surface area (Å²) in [5.41, 5.74) is 0. The van der Waals surface area contributed by atoms with Crippen molar-refractivity contribution in [1.29, 1.82) is 0 Å². The lowest BCUT2D eigenvalue weighted by Gasteiger charge is -2.21. The lowest BCUT2D eigenvalue weighted by Crippen LogP contribution is -2.29. The van der Waals surface area contributed by atoms with Crippen LogP contribution in [0.3, 0.4) is 0 Å². The quantitative estimate of drug-likeness (QED) is 0.602. The van der Waals surface area contributed by atoms with Crippen molar-refractivity contribution in [3.63, 3.8) is 0 Å². The van der Waals surface area contributed by atoms with E-state index in [1.54, 1.807) is 6.08 Å². The van der Waals surface area contributed by atoms with Crippen molar-refractivity contribution in [3.8, 4) is 0 Å². The van der Waals surface area contributed by atoms with Crippen LogP contribution < -0.4 is 0 Å². The van der Waals surface area contributed by atoms with Crippen molar-refractivity contribution >= 4 is 0 Å². The fourth-order valence-corrected chi connectivity index (χ4v) is 1.80. The van der Waals surface area contributed by atoms with E-state index in [9.17, 15) is 5.11 Å². The molecule has 0 aromatic rings. The maximum Gasteiger partial charge on any atom is 0.184 e. The van der Waals surface area contributed by atoms with Gasteiger partial charge in [0, 0.05) is 0 Å². The molecular formula is C9H14O4. The molecule has 0 amide bonds. The molecule has 0 aliphatic carbocycles. The van der Waals surface area contributed by atoms with Crippen LogP contribution in [0.5, 0.6) is 0 Å². The lowest BCUT2D eigenvalue weighted by molar-refractivity contribution is -0.214. The number of fused-ring (bicyclic) bond motifs is 1. The monoisotopic (exact) mass is 186 g/mol. The van der Waals surface area contributed by atoms with Gasteiger partial charge in [0.2, 0.25) is 0 Å². The van der Waals surface area contributed by atoms with Gasteiger partial charge in [-0.1, -0.05) is 6.08 Å². The third kappa shape index (κ3) is 1.40. The molecule has 0 bridgehead atoms. The normalized spacial score (nSPS) is 47.6. The zero-order valence-electron chi connectivity index (χ0n) is 7.77. The number of rotatable bonds is 1. The topological polar surface area (TPSA) is 47.9 Å². The van der Waals surface area contributed by atoms with E-state index in [-0.39, 0.29) is 12.2 Å². The molecule has 4 nitrogen and oxygen atoms in total. The molecule has 74 valence electrons. The van der Waals surface area contributed by atoms with Gasteiger partial charge in [-0.05, 0) is 13.8 Å². The fourth-order valence-electron chi connectivity index (χ4n) is 1.80. The Morgan fingerprint density at radius 3 is 2.54 bits per heavy atom. The highest BCUT2D eigenvalue weighted by atomic mass is 16.8. The summed E-state index contributed by atoms with van der Waals surface area (Å²) in [5.74, 6) is -0.638. The van der Waals surface area contributed by atoms with Gasteiger partial charge in [0.15, 0.2) is 12.1 Å². The van der Waals surface area contributed by atoms with Gasteiger partial charge in [0.25, 0.3) is 0 Å². The molecule has 2 unspecified atom stereocenters. The summed E-state index contributed by atoms with van der Waals surface area (Å²) in [6.07, 6.45) is -0.185. The average molecular weight is 186 g/mol. The molecule has 2 saturated heterocycles. The first-order valence-corrected chi connectivity index (χ1v) is 4.35. The predicted molar refractivity (Wildman–Crippen MR) is 44.9 cm³/mol. The Morgan fingerprint density at radius 1 is 1.31 bits per heavy atom. The summed E-state index contributed by atoms with van der Waals surface area (Å²) in [6.45, 7) is 7.25. The number of aliphatic hydroxyl groups excluding tert-OH is 1. The molecule has 0 aromatic heterocycles. The third-order valence-electron chi connectivity index (χ3n) is 2.30. The van der Waals surface area contributed by atoms with Gasteiger partial charge < -0.3 is 19.3 Å². The molecule has 0 saturated carbocycles. The fraction of sp³-hybridized carbons (Fsp3) is 0.778. The lowest BCUT2D eigenvalue weighted by atomic mass is 10.1. The number of hydrogen-bond donors (Lipinski definition) is 1. The summed E-state index contributed by atoms with van der Waals surface area (Å²) in [7, 11) is 0. The van der Waals surface area contributed by atoms with E-state index >= 15 is 0 Å². The first-order chi connectivity index (χ1) is 6.03. The molecule has 0 radical (unpaired) electrons. The van der Waals surface area contributed by atoms with E-state index in [0.29, 0.717) is 0 Å². The van der Waals surface area contributed by atoms with Gasteiger partial charge in [-0.25, -0.2) is 0 Å². The zero-order valence-corrected chi connectivity index (χ0v) is 7.77. The highest BCUT2D eigenvalue weighted by Crippen LogP contribution is 2.37. The minimum absolute atomic E-state index is 0.234. The van der Waals surface area contributed by atoms with E-state index in [1.807, 2.05) is 13.8 Å². The second-order valence-corrected chi connectivity index (χ2v) is 3.79. The molecular weight excluding hydrogens is 172 g/mol. The summed E-state index contributed by atoms with van der Waals surface area (Å²) in [5, 5.41) is 9.46. The summed E-state index contributed by atoms with van der Waals surface area (Å²) >= 11 is 0. The molecule has 2 aliphatic rings. The predicted octanol–water partition coefficient (Wildman–Crippen LogP) is 0.410. The Kier molecular flexibility index (Phi) is 1.96. The van der Waals surface area contributed by atoms with Crippen molar-refractivity contribution in [1.82, 2.24) is 0 Å². The van der Waals surface area contributed by atoms with Crippen LogP contribution in [0.2, 0.25) is 0 Å². The van der Waals surface area contributed by atoms with E-state index < -0.39 is 18.2 Å². The highest BCUT2D eigenvalue weighted by Gasteiger charge is 2.53. The van der Waals surface area contributed by atoms with Crippen LogP contribution in [0.4, 0.5) is 0 Å². The molecule has 2 aliphatic heterocycles. The average Bonchev–Trinajstić information content (AvgIpc) is 2.47. The molecule has 2 rings (SSSR count). The summed E-state index contributed by atoms with van der Waals surface area (Å²) < 4.78 is 16.2. The van der Waals surface area contributed by atoms with E-state index in [4.69, 9.17) is 14.2 Å². The van der Waals surface area contributed by atoms with E-state index in [0.717, 1.165) is 0 Å². The largest absolute Gasteiger partial charge is 0.366 e. The van der Waals surface area contributed by atoms with Crippen molar-refractivity contribution in [3.05, 3.63) is 12.7 Å². The van der Waals surface area contributed by atoms with Crippen LogP contribution in [0, 0.1) is 0 Å². The molecule has 2 heterocycles. The summed E-state index contributed by atoms with van der Waals surface area (Å²) in [4.78, 5) is 0. The minimum Gasteiger partial charge on any atom is -0.366 e. The number of ether oxygens (including phenoxy) is 3. The summed E-state index contributed by atoms with van der Waals surface area (Å²) in [6, 6.07) is 0. The molecule has 2 fully saturated rings. The number of aliphatic hydroxyl groups is 1. The van der Waals surface area contributed by atoms with Gasteiger partial charge in [0.1, 0.15) is 18.3 Å². The molecule has 0 aromatic carbocycles. The molecule has 0 spiro atoms. The Bertz CT molecular complexity index is 226. The van der Waals surface area contributed by atoms with Crippen LogP contribution >= 0.6 is 0 Å². The van der Waals surface area contributed by atoms with Crippen LogP contribution in [0.25, 0.3) is 0 Å². The number of hydrogen-bond acceptors (Lipinski definition) is 4. The second-order valence-electron chi connectivity index (χ2n) is 3.79. The maximum atomic E-state index is 9.46. The first-order valence-electron chi connectivity index (χ1n) is 4.35. The highest BCUT2D eigenvalue weighted by molar-refractivity contribution is 5.01. The van der Waals surface area contributed by atoms with Crippen molar-refractivity contribution in [2.45, 2.75) is 44.2 Å². The van der Waals surface area contributed by atoms with Crippen LogP contribution in [0.1, 0.15) is 13.8 Å². The van der Waals surface area contributed by atoms with Gasteiger partial charge in [0.05, 0.1) is 0 Å². The SMILES string of the molecule is C=C[C@@H]1O[C@H](O)C2OC(C)(C)OC21. The van der Waals surface area contributed by atoms with Gasteiger partial charge >= 0.3 is 0 Å². The smallest absolute Gasteiger partial charge is 0.184 e. The molecule has 13 heavy (non-hydrogen) atoms. The maximum absolute atomic E-state index is 9.46. The molecule has 4 atom stereocenters. The van der Waals surface area contributed by atoms with E-state index in [2.05, 4.69) is 6.58 Å². The van der Waals surface area contributed by atoms with Crippen LogP contribution in [-0.2, 0) is 14.2 Å². The molecule has 4 heteroatoms. The Morgan fingerprint density at radius 2 is 1.92 bits per heavy atom. The second kappa shape index (κ2) is 2.78. The first kappa shape index (κ1) is 9.15. The minimum atomic E-state index is -0.908.